The molecule has 46 heavy (non-hydrogen) atoms. The molecule has 0 heterocycles. The minimum atomic E-state index is -2.00. The van der Waals surface area contributed by atoms with Crippen molar-refractivity contribution in [2.45, 2.75) is 85.4 Å². The molecule has 1 aromatic carbocycles. The van der Waals surface area contributed by atoms with Gasteiger partial charge in [0.2, 0.25) is 0 Å². The molecule has 258 valence electrons. The summed E-state index contributed by atoms with van der Waals surface area (Å²) in [6.45, 7) is 21.0. The molecule has 0 aromatic heterocycles. The third kappa shape index (κ3) is 13.3. The minimum absolute atomic E-state index is 0.0549. The lowest BCUT2D eigenvalue weighted by Crippen LogP contribution is -2.48. The zero-order chi connectivity index (χ0) is 34.7. The highest BCUT2D eigenvalue weighted by molar-refractivity contribution is 6.77. The van der Waals surface area contributed by atoms with E-state index in [0.29, 0.717) is 42.2 Å². The number of allylic oxidation sites excluding steroid dienone is 3. The lowest BCUT2D eigenvalue weighted by Gasteiger charge is -2.42. The van der Waals surface area contributed by atoms with Crippen molar-refractivity contribution in [3.8, 4) is 5.75 Å². The Balaban J connectivity index is 3.00. The van der Waals surface area contributed by atoms with Crippen LogP contribution in [0.1, 0.15) is 74.3 Å². The van der Waals surface area contributed by atoms with Crippen LogP contribution >= 0.6 is 0 Å². The third-order valence-electron chi connectivity index (χ3n) is 7.86. The number of benzene rings is 1. The van der Waals surface area contributed by atoms with E-state index < -0.39 is 31.5 Å². The summed E-state index contributed by atoms with van der Waals surface area (Å²) in [5, 5.41) is 13.3. The van der Waals surface area contributed by atoms with E-state index in [1.165, 1.54) is 12.3 Å². The van der Waals surface area contributed by atoms with Gasteiger partial charge in [0.05, 0.1) is 19.8 Å². The number of carbonyl (C=O) groups excluding carboxylic acids is 2. The molecule has 0 spiro atoms. The van der Waals surface area contributed by atoms with Gasteiger partial charge in [-0.2, -0.15) is 0 Å². The van der Waals surface area contributed by atoms with Crippen molar-refractivity contribution in [3.63, 3.8) is 0 Å². The Morgan fingerprint density at radius 2 is 1.59 bits per heavy atom. The molecule has 1 atom stereocenters. The fraction of sp³-hybridized carbons (Fsp3) is 0.556. The normalized spacial score (nSPS) is 14.0. The van der Waals surface area contributed by atoms with Crippen LogP contribution in [0.15, 0.2) is 65.6 Å². The van der Waals surface area contributed by atoms with Crippen molar-refractivity contribution in [1.29, 1.82) is 0 Å². The molecule has 0 saturated carbocycles. The van der Waals surface area contributed by atoms with E-state index in [1.807, 2.05) is 6.92 Å². The van der Waals surface area contributed by atoms with Crippen LogP contribution in [0.2, 0.25) is 16.6 Å². The highest BCUT2D eigenvalue weighted by Gasteiger charge is 2.45. The molecule has 2 N–H and O–H groups in total. The van der Waals surface area contributed by atoms with Crippen molar-refractivity contribution in [1.82, 2.24) is 5.32 Å². The second-order valence-electron chi connectivity index (χ2n) is 12.1. The molecule has 0 fully saturated rings. The SMILES string of the molecule is CCOC(=O)\C(C(=O)N/C=C/c1ccc(OCOCCOC)cc1)=C(O)/C=C/C(C)=C/[C@H](CC)CO[Si](C(C)C)(C(C)C)C(C)C. The molecule has 0 saturated heterocycles. The number of ether oxygens (including phenoxy) is 4. The van der Waals surface area contributed by atoms with Crippen LogP contribution in [-0.2, 0) is 28.2 Å². The summed E-state index contributed by atoms with van der Waals surface area (Å²) >= 11 is 0. The number of hydrogen-bond acceptors (Lipinski definition) is 8. The molecule has 1 aromatic rings. The molecule has 0 aliphatic rings. The van der Waals surface area contributed by atoms with Gasteiger partial charge in [0, 0.05) is 19.9 Å². The number of amides is 1. The van der Waals surface area contributed by atoms with Gasteiger partial charge in [-0.3, -0.25) is 4.79 Å². The molecular weight excluding hydrogens is 602 g/mol. The summed E-state index contributed by atoms with van der Waals surface area (Å²) in [7, 11) is -0.395. The maximum absolute atomic E-state index is 13.0. The van der Waals surface area contributed by atoms with Crippen molar-refractivity contribution in [3.05, 3.63) is 71.2 Å². The van der Waals surface area contributed by atoms with Gasteiger partial charge in [-0.25, -0.2) is 4.79 Å². The zero-order valence-electron chi connectivity index (χ0n) is 29.6. The second-order valence-corrected chi connectivity index (χ2v) is 17.5. The first-order valence-corrected chi connectivity index (χ1v) is 18.4. The Bertz CT molecular complexity index is 1160. The number of rotatable bonds is 21. The Hall–Kier alpha value is -3.18. The summed E-state index contributed by atoms with van der Waals surface area (Å²) in [5.41, 5.74) is 2.67. The van der Waals surface area contributed by atoms with Crippen LogP contribution in [0.5, 0.6) is 5.75 Å². The smallest absolute Gasteiger partial charge is 0.347 e. The van der Waals surface area contributed by atoms with Gasteiger partial charge >= 0.3 is 5.97 Å². The number of methoxy groups -OCH3 is 1. The van der Waals surface area contributed by atoms with Crippen LogP contribution < -0.4 is 10.1 Å². The van der Waals surface area contributed by atoms with Crippen LogP contribution in [0.3, 0.4) is 0 Å². The molecule has 9 nitrogen and oxygen atoms in total. The molecule has 0 radical (unpaired) electrons. The molecule has 0 aliphatic carbocycles. The topological polar surface area (TPSA) is 113 Å². The van der Waals surface area contributed by atoms with Crippen LogP contribution in [0, 0.1) is 5.92 Å². The van der Waals surface area contributed by atoms with E-state index >= 15 is 0 Å². The number of aliphatic hydroxyl groups excluding tert-OH is 1. The lowest BCUT2D eigenvalue weighted by atomic mass is 10.0. The Kier molecular flexibility index (Phi) is 19.2. The monoisotopic (exact) mass is 659 g/mol. The second kappa shape index (κ2) is 21.6. The fourth-order valence-electron chi connectivity index (χ4n) is 5.54. The average Bonchev–Trinajstić information content (AvgIpc) is 3.00. The minimum Gasteiger partial charge on any atom is -0.507 e. The fourth-order valence-corrected chi connectivity index (χ4v) is 11.0. The van der Waals surface area contributed by atoms with Crippen LogP contribution in [0.4, 0.5) is 0 Å². The van der Waals surface area contributed by atoms with Gasteiger partial charge in [-0.05, 0) is 72.7 Å². The standard InChI is InChI=1S/C36H57NO8Si/c1-11-30(24-45-46(26(3)4,27(5)6)28(7)8)23-29(9)13-18-33(38)34(36(40)43-12-2)35(39)37-20-19-31-14-16-32(17-15-31)44-25-42-22-21-41-10/h13-20,23,26-28,30,38H,11-12,21-22,24-25H2,1-10H3,(H,37,39)/b18-13+,20-19+,29-23+,34-33+/t30-/m0/s1. The molecule has 0 aliphatic heterocycles. The van der Waals surface area contributed by atoms with E-state index in [4.69, 9.17) is 23.4 Å². The number of esters is 1. The number of aliphatic hydroxyl groups is 1. The predicted octanol–water partition coefficient (Wildman–Crippen LogP) is 7.87. The molecule has 1 rings (SSSR count). The first-order valence-electron chi connectivity index (χ1n) is 16.2. The first kappa shape index (κ1) is 40.8. The van der Waals surface area contributed by atoms with Gasteiger partial charge < -0.3 is 33.8 Å². The Morgan fingerprint density at radius 1 is 0.957 bits per heavy atom. The molecule has 10 heteroatoms. The maximum atomic E-state index is 13.0. The van der Waals surface area contributed by atoms with Crippen molar-refractivity contribution < 1.29 is 38.1 Å². The third-order valence-corrected chi connectivity index (χ3v) is 13.9. The van der Waals surface area contributed by atoms with Crippen molar-refractivity contribution in [2.24, 2.45) is 5.92 Å². The predicted molar refractivity (Wildman–Crippen MR) is 187 cm³/mol. The maximum Gasteiger partial charge on any atom is 0.347 e. The van der Waals surface area contributed by atoms with Crippen LogP contribution in [-0.4, -0.2) is 65.6 Å². The zero-order valence-corrected chi connectivity index (χ0v) is 30.6. The quantitative estimate of drug-likeness (QED) is 0.0158. The number of nitrogens with one attached hydrogen (secondary N) is 1. The highest BCUT2D eigenvalue weighted by Crippen LogP contribution is 2.42. The molecule has 0 bridgehead atoms. The summed E-state index contributed by atoms with van der Waals surface area (Å²) in [5.74, 6) is -1.37. The highest BCUT2D eigenvalue weighted by atomic mass is 28.4. The number of carbonyl (C=O) groups is 2. The van der Waals surface area contributed by atoms with Crippen molar-refractivity contribution >= 4 is 26.3 Å². The summed E-state index contributed by atoms with van der Waals surface area (Å²) in [6.07, 6.45) is 9.09. The van der Waals surface area contributed by atoms with E-state index in [0.717, 1.165) is 17.6 Å². The van der Waals surface area contributed by atoms with E-state index in [9.17, 15) is 14.7 Å². The summed E-state index contributed by atoms with van der Waals surface area (Å²) < 4.78 is 27.6. The van der Waals surface area contributed by atoms with Gasteiger partial charge in [-0.15, -0.1) is 0 Å². The van der Waals surface area contributed by atoms with Gasteiger partial charge in [0.1, 0.15) is 11.5 Å². The van der Waals surface area contributed by atoms with Gasteiger partial charge in [0.15, 0.2) is 20.7 Å². The van der Waals surface area contributed by atoms with Gasteiger partial charge in [0.25, 0.3) is 5.91 Å². The molecule has 1 amide bonds. The summed E-state index contributed by atoms with van der Waals surface area (Å²) in [4.78, 5) is 25.6. The van der Waals surface area contributed by atoms with Crippen LogP contribution in [0.25, 0.3) is 6.08 Å². The Labute approximate surface area is 277 Å². The lowest BCUT2D eigenvalue weighted by molar-refractivity contribution is -0.140. The average molecular weight is 660 g/mol. The first-order chi connectivity index (χ1) is 21.8. The molecule has 0 unspecified atom stereocenters. The Morgan fingerprint density at radius 3 is 2.13 bits per heavy atom. The van der Waals surface area contributed by atoms with Gasteiger partial charge in [-0.1, -0.05) is 78.3 Å². The largest absolute Gasteiger partial charge is 0.507 e. The van der Waals surface area contributed by atoms with E-state index in [-0.39, 0.29) is 19.3 Å². The van der Waals surface area contributed by atoms with E-state index in [1.54, 1.807) is 50.5 Å². The molecular formula is C36H57NO8Si. The van der Waals surface area contributed by atoms with Crippen molar-refractivity contribution in [2.75, 3.05) is 40.3 Å². The number of hydrogen-bond donors (Lipinski definition) is 2. The van der Waals surface area contributed by atoms with E-state index in [2.05, 4.69) is 59.9 Å². The summed E-state index contributed by atoms with van der Waals surface area (Å²) in [6, 6.07) is 7.14.